The first-order valence-corrected chi connectivity index (χ1v) is 9.71. The summed E-state index contributed by atoms with van der Waals surface area (Å²) in [5, 5.41) is 9.22. The van der Waals surface area contributed by atoms with Gasteiger partial charge in [-0.25, -0.2) is 4.98 Å². The van der Waals surface area contributed by atoms with Crippen molar-refractivity contribution in [2.75, 3.05) is 10.6 Å². The van der Waals surface area contributed by atoms with Crippen LogP contribution in [0.1, 0.15) is 29.2 Å². The highest BCUT2D eigenvalue weighted by Crippen LogP contribution is 2.35. The summed E-state index contributed by atoms with van der Waals surface area (Å²) in [4.78, 5) is 11.2. The van der Waals surface area contributed by atoms with E-state index < -0.39 is 0 Å². The Labute approximate surface area is 176 Å². The minimum atomic E-state index is -0.177. The molecule has 3 aromatic rings. The molecule has 146 valence electrons. The zero-order valence-corrected chi connectivity index (χ0v) is 16.4. The third-order valence-electron chi connectivity index (χ3n) is 4.87. The molecule has 0 radical (unpaired) electrons. The average molecular weight is 391 g/mol. The van der Waals surface area contributed by atoms with Gasteiger partial charge in [-0.15, -0.1) is 0 Å². The molecule has 1 aliphatic heterocycles. The molecule has 2 aromatic carbocycles. The van der Waals surface area contributed by atoms with Crippen molar-refractivity contribution < 1.29 is 0 Å². The number of nitriles is 1. The summed E-state index contributed by atoms with van der Waals surface area (Å²) in [5.41, 5.74) is 9.72. The molecular weight excluding hydrogens is 370 g/mol. The van der Waals surface area contributed by atoms with E-state index in [0.717, 1.165) is 29.1 Å². The van der Waals surface area contributed by atoms with Crippen LogP contribution < -0.4 is 10.6 Å². The lowest BCUT2D eigenvalue weighted by Gasteiger charge is -2.34. The summed E-state index contributed by atoms with van der Waals surface area (Å²) < 4.78 is 0. The Morgan fingerprint density at radius 3 is 2.43 bits per heavy atom. The number of rotatable bonds is 5. The van der Waals surface area contributed by atoms with E-state index in [1.54, 1.807) is 12.3 Å². The van der Waals surface area contributed by atoms with E-state index in [0.29, 0.717) is 11.4 Å². The molecule has 2 heterocycles. The Morgan fingerprint density at radius 2 is 1.70 bits per heavy atom. The highest BCUT2D eigenvalue weighted by atomic mass is 15.2. The highest BCUT2D eigenvalue weighted by Gasteiger charge is 2.26. The van der Waals surface area contributed by atoms with Gasteiger partial charge in [0.1, 0.15) is 11.6 Å². The van der Waals surface area contributed by atoms with E-state index in [-0.39, 0.29) is 6.04 Å². The highest BCUT2D eigenvalue weighted by molar-refractivity contribution is 5.85. The van der Waals surface area contributed by atoms with Crippen LogP contribution in [0.25, 0.3) is 0 Å². The fourth-order valence-corrected chi connectivity index (χ4v) is 3.50. The summed E-state index contributed by atoms with van der Waals surface area (Å²) >= 11 is 0. The Morgan fingerprint density at radius 1 is 0.933 bits per heavy atom. The molecule has 5 heteroatoms. The molecule has 0 fully saturated rings. The zero-order chi connectivity index (χ0) is 20.8. The minimum absolute atomic E-state index is 0.177. The predicted molar refractivity (Wildman–Crippen MR) is 121 cm³/mol. The fourth-order valence-electron chi connectivity index (χ4n) is 3.50. The molecule has 1 atom stereocenters. The van der Waals surface area contributed by atoms with Gasteiger partial charge < -0.3 is 10.6 Å². The second-order valence-corrected chi connectivity index (χ2v) is 6.87. The molecule has 0 bridgehead atoms. The van der Waals surface area contributed by atoms with Gasteiger partial charge in [0, 0.05) is 6.20 Å². The second-order valence-electron chi connectivity index (χ2n) is 6.87. The Hall–Kier alpha value is -4.17. The number of hydrogen-bond donors (Lipinski definition) is 1. The minimum Gasteiger partial charge on any atom is -0.384 e. The van der Waals surface area contributed by atoms with E-state index in [9.17, 15) is 5.26 Å². The lowest BCUT2D eigenvalue weighted by Crippen LogP contribution is -2.30. The Kier molecular flexibility index (Phi) is 5.68. The van der Waals surface area contributed by atoms with Crippen LogP contribution in [-0.2, 0) is 0 Å². The van der Waals surface area contributed by atoms with Crippen molar-refractivity contribution in [2.45, 2.75) is 12.5 Å². The van der Waals surface area contributed by atoms with Crippen molar-refractivity contribution in [3.63, 3.8) is 0 Å². The standard InChI is InChI=1S/C25H21N5/c26-17-19-12-14-21(15-13-19)25(20-7-2-1-3-8-20)30(22-9-4-5-16-28-18-22)24-11-6-10-23(27)29-24/h1-3,5-16,18,25H,4H2,(H2,27,29). The van der Waals surface area contributed by atoms with Gasteiger partial charge in [-0.05, 0) is 41.8 Å². The maximum Gasteiger partial charge on any atom is 0.136 e. The van der Waals surface area contributed by atoms with Gasteiger partial charge >= 0.3 is 0 Å². The maximum absolute atomic E-state index is 9.22. The molecule has 30 heavy (non-hydrogen) atoms. The molecule has 1 aliphatic rings. The summed E-state index contributed by atoms with van der Waals surface area (Å²) in [7, 11) is 0. The van der Waals surface area contributed by atoms with Gasteiger partial charge in [-0.1, -0.05) is 60.7 Å². The number of nitrogen functional groups attached to an aromatic ring is 1. The first-order valence-electron chi connectivity index (χ1n) is 9.71. The van der Waals surface area contributed by atoms with Crippen LogP contribution in [0.2, 0.25) is 0 Å². The van der Waals surface area contributed by atoms with E-state index >= 15 is 0 Å². The number of benzene rings is 2. The monoisotopic (exact) mass is 391 g/mol. The molecule has 0 amide bonds. The van der Waals surface area contributed by atoms with E-state index in [1.165, 1.54) is 0 Å². The number of nitrogens with zero attached hydrogens (tertiary/aromatic N) is 4. The molecule has 0 saturated carbocycles. The topological polar surface area (TPSA) is 78.3 Å². The van der Waals surface area contributed by atoms with Gasteiger partial charge in [-0.2, -0.15) is 5.26 Å². The van der Waals surface area contributed by atoms with Crippen LogP contribution in [0.15, 0.2) is 102 Å². The zero-order valence-electron chi connectivity index (χ0n) is 16.4. The number of pyridine rings is 1. The van der Waals surface area contributed by atoms with Crippen molar-refractivity contribution in [3.05, 3.63) is 114 Å². The van der Waals surface area contributed by atoms with Gasteiger partial charge in [-0.3, -0.25) is 4.99 Å². The SMILES string of the molecule is N#Cc1ccc(C(c2ccccc2)N(C2=CCC=CN=C2)c2cccc(N)n2)cc1. The number of allylic oxidation sites excluding steroid dienone is 3. The molecule has 2 N–H and O–H groups in total. The first kappa shape index (κ1) is 19.2. The number of aliphatic imine (C=N–C) groups is 1. The Bertz CT molecular complexity index is 1140. The number of aromatic nitrogens is 1. The Balaban J connectivity index is 1.92. The number of hydrogen-bond acceptors (Lipinski definition) is 5. The third kappa shape index (κ3) is 4.13. The molecule has 5 nitrogen and oxygen atoms in total. The average Bonchev–Trinajstić information content (AvgIpc) is 3.07. The van der Waals surface area contributed by atoms with Crippen molar-refractivity contribution in [3.8, 4) is 6.07 Å². The summed E-state index contributed by atoms with van der Waals surface area (Å²) in [6, 6.07) is 25.5. The molecular formula is C25H21N5. The van der Waals surface area contributed by atoms with Crippen LogP contribution in [0.3, 0.4) is 0 Å². The van der Waals surface area contributed by atoms with Gasteiger partial charge in [0.05, 0.1) is 29.6 Å². The van der Waals surface area contributed by atoms with Crippen molar-refractivity contribution >= 4 is 17.9 Å². The number of anilines is 2. The van der Waals surface area contributed by atoms with E-state index in [2.05, 4.69) is 39.2 Å². The molecule has 0 aliphatic carbocycles. The lowest BCUT2D eigenvalue weighted by molar-refractivity contribution is 0.786. The largest absolute Gasteiger partial charge is 0.384 e. The van der Waals surface area contributed by atoms with Crippen LogP contribution in [0.5, 0.6) is 0 Å². The van der Waals surface area contributed by atoms with Crippen LogP contribution >= 0.6 is 0 Å². The molecule has 0 spiro atoms. The van der Waals surface area contributed by atoms with E-state index in [1.807, 2.05) is 66.9 Å². The predicted octanol–water partition coefficient (Wildman–Crippen LogP) is 5.00. The first-order chi connectivity index (χ1) is 14.8. The maximum atomic E-state index is 9.22. The van der Waals surface area contributed by atoms with Gasteiger partial charge in [0.2, 0.25) is 0 Å². The lowest BCUT2D eigenvalue weighted by atomic mass is 9.95. The van der Waals surface area contributed by atoms with Crippen molar-refractivity contribution in [2.24, 2.45) is 4.99 Å². The number of nitrogens with two attached hydrogens (primary N) is 1. The third-order valence-corrected chi connectivity index (χ3v) is 4.87. The summed E-state index contributed by atoms with van der Waals surface area (Å²) in [6.07, 6.45) is 8.54. The quantitative estimate of drug-likeness (QED) is 0.663. The van der Waals surface area contributed by atoms with Gasteiger partial charge in [0.15, 0.2) is 0 Å². The van der Waals surface area contributed by atoms with Crippen molar-refractivity contribution in [1.29, 1.82) is 5.26 Å². The van der Waals surface area contributed by atoms with Crippen molar-refractivity contribution in [1.82, 2.24) is 4.98 Å². The summed E-state index contributed by atoms with van der Waals surface area (Å²) in [5.74, 6) is 1.18. The fraction of sp³-hybridized carbons (Fsp3) is 0.0800. The van der Waals surface area contributed by atoms with Gasteiger partial charge in [0.25, 0.3) is 0 Å². The van der Waals surface area contributed by atoms with Crippen LogP contribution in [-0.4, -0.2) is 11.2 Å². The van der Waals surface area contributed by atoms with Crippen LogP contribution in [0, 0.1) is 11.3 Å². The smallest absolute Gasteiger partial charge is 0.136 e. The second kappa shape index (κ2) is 8.89. The molecule has 0 saturated heterocycles. The molecule has 4 rings (SSSR count). The molecule has 1 unspecified atom stereocenters. The summed E-state index contributed by atoms with van der Waals surface area (Å²) in [6.45, 7) is 0. The molecule has 1 aromatic heterocycles. The van der Waals surface area contributed by atoms with E-state index in [4.69, 9.17) is 5.73 Å². The van der Waals surface area contributed by atoms with Crippen LogP contribution in [0.4, 0.5) is 11.6 Å². The normalized spacial score (nSPS) is 13.8.